The maximum absolute atomic E-state index is 11.4. The molecule has 1 fully saturated rings. The zero-order chi connectivity index (χ0) is 28.8. The Morgan fingerprint density at radius 2 is 1.95 bits per heavy atom. The van der Waals surface area contributed by atoms with Gasteiger partial charge in [0.15, 0.2) is 0 Å². The van der Waals surface area contributed by atoms with E-state index in [1.54, 1.807) is 13.1 Å². The Bertz CT molecular complexity index is 1190. The Labute approximate surface area is 231 Å². The second-order valence-corrected chi connectivity index (χ2v) is 11.8. The van der Waals surface area contributed by atoms with E-state index >= 15 is 0 Å². The smallest absolute Gasteiger partial charge is 0.407 e. The number of ether oxygens (including phenoxy) is 1. The number of amides is 1. The molecular weight excluding hydrogens is 494 g/mol. The molecule has 1 saturated carbocycles. The monoisotopic (exact) mass is 537 g/mol. The van der Waals surface area contributed by atoms with Crippen molar-refractivity contribution in [1.82, 2.24) is 20.7 Å². The number of aromatic hydroxyl groups is 1. The van der Waals surface area contributed by atoms with E-state index in [9.17, 15) is 9.90 Å². The molecule has 4 rings (SSSR count). The molecule has 2 aliphatic carbocycles. The van der Waals surface area contributed by atoms with Gasteiger partial charge in [0.25, 0.3) is 0 Å². The number of phenols is 1. The summed E-state index contributed by atoms with van der Waals surface area (Å²) in [6.45, 7) is 10.3. The number of nitrogens with one attached hydrogen (secondary N) is 2. The molecule has 0 radical (unpaired) electrons. The van der Waals surface area contributed by atoms with Gasteiger partial charge in [0.2, 0.25) is 0 Å². The molecule has 1 aromatic carbocycles. The lowest BCUT2D eigenvalue weighted by molar-refractivity contribution is 0.0493. The van der Waals surface area contributed by atoms with Crippen LogP contribution in [0.1, 0.15) is 84.3 Å². The molecule has 39 heavy (non-hydrogen) atoms. The van der Waals surface area contributed by atoms with E-state index in [0.717, 1.165) is 35.2 Å². The van der Waals surface area contributed by atoms with E-state index in [1.807, 2.05) is 31.8 Å². The van der Waals surface area contributed by atoms with Gasteiger partial charge in [0.05, 0.1) is 23.9 Å². The minimum atomic E-state index is -0.390. The number of nitrogens with two attached hydrogens (primary N) is 1. The molecule has 0 unspecified atom stereocenters. The number of hydrogen-bond acceptors (Lipinski definition) is 9. The van der Waals surface area contributed by atoms with Crippen LogP contribution in [0, 0.1) is 11.3 Å². The number of benzene rings is 1. The molecule has 1 amide bonds. The van der Waals surface area contributed by atoms with E-state index < -0.39 is 5.60 Å². The minimum absolute atomic E-state index is 0.173. The lowest BCUT2D eigenvalue weighted by atomic mass is 9.71. The van der Waals surface area contributed by atoms with E-state index in [2.05, 4.69) is 40.6 Å². The normalized spacial score (nSPS) is 16.0. The van der Waals surface area contributed by atoms with E-state index in [1.165, 1.54) is 25.6 Å². The summed E-state index contributed by atoms with van der Waals surface area (Å²) in [5.41, 5.74) is 12.9. The fraction of sp³-hybridized carbons (Fsp3) is 0.586. The summed E-state index contributed by atoms with van der Waals surface area (Å²) in [6, 6.07) is 6.00. The Morgan fingerprint density at radius 1 is 1.26 bits per heavy atom. The summed E-state index contributed by atoms with van der Waals surface area (Å²) in [4.78, 5) is 20.0. The van der Waals surface area contributed by atoms with Gasteiger partial charge < -0.3 is 25.9 Å². The highest BCUT2D eigenvalue weighted by Gasteiger charge is 2.37. The molecule has 0 spiro atoms. The number of carbonyl (C=O) groups is 1. The van der Waals surface area contributed by atoms with Crippen LogP contribution in [0.3, 0.4) is 0 Å². The Kier molecular flexibility index (Phi) is 9.62. The number of rotatable bonds is 5. The zero-order valence-electron chi connectivity index (χ0n) is 24.1. The largest absolute Gasteiger partial charge is 0.506 e. The van der Waals surface area contributed by atoms with Crippen molar-refractivity contribution in [2.45, 2.75) is 96.6 Å². The second-order valence-electron chi connectivity index (χ2n) is 11.8. The van der Waals surface area contributed by atoms with Gasteiger partial charge in [-0.05, 0) is 63.1 Å². The Hall–Kier alpha value is -3.58. The van der Waals surface area contributed by atoms with Gasteiger partial charge >= 0.3 is 6.09 Å². The standard InChI is InChI=1S/C18H22N6O.C11H21NO2/c1-18(2)9-12-11(15-14(18)17(20)23-10-22-15)5-6-13(25)16(12)24(21-3)8-4-7-19;1-11(2,3)14-10(13)12-9-7-5-4-6-8-9/h5-6,10,21,25H,4,8-9H2,1-3H3,(H2,20,22,23);9H,4-8H2,1-3H3,(H,12,13). The average Bonchev–Trinajstić information content (AvgIpc) is 2.85. The number of phenolic OH excluding ortho intramolecular Hbond substituents is 1. The van der Waals surface area contributed by atoms with Crippen LogP contribution in [0.15, 0.2) is 18.5 Å². The lowest BCUT2D eigenvalue weighted by Crippen LogP contribution is -2.39. The highest BCUT2D eigenvalue weighted by atomic mass is 16.6. The number of anilines is 2. The third-order valence-corrected chi connectivity index (χ3v) is 7.00. The molecule has 10 heteroatoms. The van der Waals surface area contributed by atoms with Crippen LogP contribution in [-0.2, 0) is 16.6 Å². The molecular formula is C29H43N7O3. The molecule has 0 saturated heterocycles. The number of hydrazine groups is 1. The first-order valence-corrected chi connectivity index (χ1v) is 13.7. The van der Waals surface area contributed by atoms with Gasteiger partial charge in [0, 0.05) is 30.8 Å². The molecule has 2 aromatic rings. The summed E-state index contributed by atoms with van der Waals surface area (Å²) in [5.74, 6) is 0.664. The third kappa shape index (κ3) is 7.51. The van der Waals surface area contributed by atoms with Crippen LogP contribution in [0.2, 0.25) is 0 Å². The molecule has 2 aliphatic rings. The molecule has 5 N–H and O–H groups in total. The number of nitrogen functional groups attached to an aromatic ring is 1. The first-order chi connectivity index (χ1) is 18.4. The fourth-order valence-electron chi connectivity index (χ4n) is 5.35. The van der Waals surface area contributed by atoms with Gasteiger partial charge in [-0.1, -0.05) is 33.1 Å². The minimum Gasteiger partial charge on any atom is -0.506 e. The number of carbonyl (C=O) groups excluding carboxylic acids is 1. The summed E-state index contributed by atoms with van der Waals surface area (Å²) in [6.07, 6.45) is 8.16. The highest BCUT2D eigenvalue weighted by Crippen LogP contribution is 2.48. The summed E-state index contributed by atoms with van der Waals surface area (Å²) in [7, 11) is 1.78. The molecule has 1 aromatic heterocycles. The second kappa shape index (κ2) is 12.5. The topological polar surface area (TPSA) is 149 Å². The van der Waals surface area contributed by atoms with E-state index in [4.69, 9.17) is 15.7 Å². The van der Waals surface area contributed by atoms with Crippen molar-refractivity contribution in [3.8, 4) is 23.1 Å². The van der Waals surface area contributed by atoms with E-state index in [0.29, 0.717) is 36.9 Å². The molecule has 1 heterocycles. The van der Waals surface area contributed by atoms with Crippen LogP contribution in [0.4, 0.5) is 16.3 Å². The molecule has 0 bridgehead atoms. The molecule has 0 aliphatic heterocycles. The molecule has 10 nitrogen and oxygen atoms in total. The summed E-state index contributed by atoms with van der Waals surface area (Å²) < 4.78 is 5.19. The number of fused-ring (bicyclic) bond motifs is 3. The molecule has 0 atom stereocenters. The average molecular weight is 538 g/mol. The van der Waals surface area contributed by atoms with Crippen molar-refractivity contribution in [1.29, 1.82) is 5.26 Å². The highest BCUT2D eigenvalue weighted by molar-refractivity contribution is 5.82. The van der Waals surface area contributed by atoms with Crippen LogP contribution in [0.25, 0.3) is 11.3 Å². The summed E-state index contributed by atoms with van der Waals surface area (Å²) in [5, 5.41) is 24.2. The number of nitrogens with zero attached hydrogens (tertiary/aromatic N) is 4. The maximum atomic E-state index is 11.4. The van der Waals surface area contributed by atoms with Crippen molar-refractivity contribution in [2.75, 3.05) is 24.3 Å². The van der Waals surface area contributed by atoms with Crippen molar-refractivity contribution in [2.24, 2.45) is 0 Å². The maximum Gasteiger partial charge on any atom is 0.407 e. The number of hydrogen-bond donors (Lipinski definition) is 4. The van der Waals surface area contributed by atoms with Crippen LogP contribution in [-0.4, -0.2) is 46.4 Å². The first kappa shape index (κ1) is 30.0. The van der Waals surface area contributed by atoms with Gasteiger partial charge in [0.1, 0.15) is 23.5 Å². The van der Waals surface area contributed by atoms with Gasteiger partial charge in [-0.25, -0.2) is 20.2 Å². The summed E-state index contributed by atoms with van der Waals surface area (Å²) >= 11 is 0. The zero-order valence-corrected chi connectivity index (χ0v) is 24.1. The molecule has 212 valence electrons. The van der Waals surface area contributed by atoms with E-state index in [-0.39, 0.29) is 17.3 Å². The van der Waals surface area contributed by atoms with Crippen molar-refractivity contribution < 1.29 is 14.6 Å². The number of nitriles is 1. The lowest BCUT2D eigenvalue weighted by Gasteiger charge is -2.37. The van der Waals surface area contributed by atoms with Gasteiger partial charge in [-0.2, -0.15) is 5.26 Å². The first-order valence-electron chi connectivity index (χ1n) is 13.7. The van der Waals surface area contributed by atoms with Crippen LogP contribution < -0.4 is 21.5 Å². The van der Waals surface area contributed by atoms with Crippen molar-refractivity contribution in [3.63, 3.8) is 0 Å². The fourth-order valence-corrected chi connectivity index (χ4v) is 5.35. The van der Waals surface area contributed by atoms with Crippen LogP contribution in [0.5, 0.6) is 5.75 Å². The van der Waals surface area contributed by atoms with Crippen molar-refractivity contribution >= 4 is 17.6 Å². The van der Waals surface area contributed by atoms with Crippen LogP contribution >= 0.6 is 0 Å². The number of aromatic nitrogens is 2. The quantitative estimate of drug-likeness (QED) is 0.388. The Morgan fingerprint density at radius 3 is 2.56 bits per heavy atom. The predicted molar refractivity (Wildman–Crippen MR) is 153 cm³/mol. The Balaban J connectivity index is 0.000000255. The van der Waals surface area contributed by atoms with Gasteiger partial charge in [-0.15, -0.1) is 0 Å². The van der Waals surface area contributed by atoms with Gasteiger partial charge in [-0.3, -0.25) is 0 Å². The predicted octanol–water partition coefficient (Wildman–Crippen LogP) is 4.96. The third-order valence-electron chi connectivity index (χ3n) is 7.00. The van der Waals surface area contributed by atoms with Crippen molar-refractivity contribution in [3.05, 3.63) is 29.6 Å². The SMILES string of the molecule is CC(C)(C)OC(=O)NC1CCCCC1.CNN(CCC#N)c1c(O)ccc2c1CC(C)(C)c1c(N)ncnc1-2. The number of alkyl carbamates (subject to hydrolysis) is 1.